The largest absolute Gasteiger partial charge is 0.467 e. The molecule has 2 fully saturated rings. The van der Waals surface area contributed by atoms with Crippen molar-refractivity contribution < 1.29 is 36.2 Å². The summed E-state index contributed by atoms with van der Waals surface area (Å²) >= 11 is 6.54. The summed E-state index contributed by atoms with van der Waals surface area (Å²) in [4.78, 5) is 25.3. The Morgan fingerprint density at radius 3 is 2.69 bits per heavy atom. The average Bonchev–Trinajstić information content (AvgIpc) is 3.72. The smallest absolute Gasteiger partial charge is 0.418 e. The molecule has 1 amide bonds. The highest BCUT2D eigenvalue weighted by atomic mass is 35.5. The number of anilines is 2. The van der Waals surface area contributed by atoms with E-state index in [2.05, 4.69) is 37.1 Å². The van der Waals surface area contributed by atoms with E-state index in [0.29, 0.717) is 54.9 Å². The summed E-state index contributed by atoms with van der Waals surface area (Å²) in [5.74, 6) is 3.58. The van der Waals surface area contributed by atoms with Crippen molar-refractivity contribution in [2.45, 2.75) is 83.2 Å². The fourth-order valence-electron chi connectivity index (χ4n) is 7.26. The van der Waals surface area contributed by atoms with Gasteiger partial charge in [0.25, 0.3) is 5.91 Å². The van der Waals surface area contributed by atoms with Gasteiger partial charge in [-0.1, -0.05) is 17.5 Å². The molecule has 0 spiro atoms. The number of alkyl halides is 4. The monoisotopic (exact) mass is 736 g/mol. The lowest BCUT2D eigenvalue weighted by molar-refractivity contribution is -0.140. The van der Waals surface area contributed by atoms with Crippen molar-refractivity contribution in [3.05, 3.63) is 56.2 Å². The fraction of sp³-hybridized carbons (Fsp3) is 0.529. The standard InChI is InChI=1S/C27H26ClF4N7O3.C7H12FN/c1-4-6-13-9-15(33)22(29)19(20(13)27(30,31)32)18-10-16-14(12-42-18)24(36-26(35-16)41-3)38-7-5-8-39-17(11-38)21(28)23(37-39)25(40)34-2;8-6-4-7-2-1-3-9(7)5-6/h9,18H,5,7-8,10-12,33H2,1-3H3,(H,34,40);6-7H,1-5H2. The van der Waals surface area contributed by atoms with Crippen molar-refractivity contribution in [1.82, 2.24) is 30.0 Å². The zero-order chi connectivity index (χ0) is 36.6. The third-order valence-corrected chi connectivity index (χ3v) is 9.96. The van der Waals surface area contributed by atoms with Gasteiger partial charge in [-0.3, -0.25) is 14.4 Å². The van der Waals surface area contributed by atoms with E-state index < -0.39 is 52.6 Å². The predicted octanol–water partition coefficient (Wildman–Crippen LogP) is 5.22. The number of carbonyl (C=O) groups excluding carboxylic acids is 1. The van der Waals surface area contributed by atoms with Crippen molar-refractivity contribution >= 4 is 29.0 Å². The van der Waals surface area contributed by atoms with E-state index in [1.165, 1.54) is 33.9 Å². The summed E-state index contributed by atoms with van der Waals surface area (Å²) in [5.41, 5.74) is 4.43. The summed E-state index contributed by atoms with van der Waals surface area (Å²) in [6.07, 6.45) is -3.07. The van der Waals surface area contributed by atoms with E-state index in [-0.39, 0.29) is 36.3 Å². The zero-order valence-corrected chi connectivity index (χ0v) is 29.1. The lowest BCUT2D eigenvalue weighted by Gasteiger charge is -2.31. The van der Waals surface area contributed by atoms with Crippen LogP contribution >= 0.6 is 11.6 Å². The van der Waals surface area contributed by atoms with Gasteiger partial charge in [-0.25, -0.2) is 8.78 Å². The van der Waals surface area contributed by atoms with Gasteiger partial charge in [-0.2, -0.15) is 28.2 Å². The number of nitrogens with two attached hydrogens (primary N) is 1. The van der Waals surface area contributed by atoms with Gasteiger partial charge in [-0.05, 0) is 45.2 Å². The van der Waals surface area contributed by atoms with E-state index in [9.17, 15) is 22.4 Å². The fourth-order valence-corrected chi connectivity index (χ4v) is 7.54. The van der Waals surface area contributed by atoms with E-state index in [4.69, 9.17) is 26.8 Å². The number of rotatable bonds is 4. The SMILES string of the molecule is CC#Cc1cc(N)c(F)c(C2Cc3nc(OC)nc(N4CCCn5nc(C(=O)NC)c(Cl)c5C4)c3CO2)c1C(F)(F)F.FC1CC2CCCN2C1. The number of benzene rings is 1. The minimum Gasteiger partial charge on any atom is -0.467 e. The molecule has 3 unspecified atom stereocenters. The minimum absolute atomic E-state index is 0.0269. The molecule has 3 aromatic rings. The first kappa shape index (κ1) is 36.6. The number of amides is 1. The summed E-state index contributed by atoms with van der Waals surface area (Å²) in [6, 6.07) is 1.46. The van der Waals surface area contributed by atoms with Gasteiger partial charge in [0.1, 0.15) is 12.0 Å². The predicted molar refractivity (Wildman–Crippen MR) is 179 cm³/mol. The van der Waals surface area contributed by atoms with Gasteiger partial charge in [0.05, 0.1) is 54.0 Å². The lowest BCUT2D eigenvalue weighted by atomic mass is 9.91. The minimum atomic E-state index is -4.93. The third kappa shape index (κ3) is 7.29. The van der Waals surface area contributed by atoms with Crippen LogP contribution in [0.5, 0.6) is 6.01 Å². The number of carbonyl (C=O) groups is 1. The normalized spacial score (nSPS) is 21.4. The van der Waals surface area contributed by atoms with Gasteiger partial charge in [0, 0.05) is 55.8 Å². The van der Waals surface area contributed by atoms with Crippen LogP contribution in [0.15, 0.2) is 6.07 Å². The molecule has 7 rings (SSSR count). The Bertz CT molecular complexity index is 1860. The van der Waals surface area contributed by atoms with Crippen molar-refractivity contribution in [3.8, 4) is 17.9 Å². The number of nitrogens with zero attached hydrogens (tertiary/aromatic N) is 6. The molecule has 2 aromatic heterocycles. The number of aromatic nitrogens is 4. The molecule has 4 aliphatic heterocycles. The van der Waals surface area contributed by atoms with E-state index in [0.717, 1.165) is 19.0 Å². The van der Waals surface area contributed by atoms with Gasteiger partial charge in [-0.15, -0.1) is 5.92 Å². The zero-order valence-electron chi connectivity index (χ0n) is 28.3. The molecule has 17 heteroatoms. The van der Waals surface area contributed by atoms with Crippen LogP contribution in [0.2, 0.25) is 5.02 Å². The van der Waals surface area contributed by atoms with Crippen LogP contribution in [0, 0.1) is 17.7 Å². The quantitative estimate of drug-likeness (QED) is 0.211. The van der Waals surface area contributed by atoms with Crippen LogP contribution in [0.1, 0.15) is 82.8 Å². The maximum Gasteiger partial charge on any atom is 0.418 e. The molecule has 0 bridgehead atoms. The number of nitrogen functional groups attached to an aromatic ring is 1. The Balaban J connectivity index is 0.000000428. The van der Waals surface area contributed by atoms with Crippen molar-refractivity contribution in [2.75, 3.05) is 44.4 Å². The first-order valence-electron chi connectivity index (χ1n) is 16.6. The number of methoxy groups -OCH3 is 1. The van der Waals surface area contributed by atoms with Crippen LogP contribution < -0.4 is 20.7 Å². The summed E-state index contributed by atoms with van der Waals surface area (Å²) in [5, 5.41) is 7.07. The maximum absolute atomic E-state index is 15.3. The molecule has 274 valence electrons. The highest BCUT2D eigenvalue weighted by Crippen LogP contribution is 2.45. The summed E-state index contributed by atoms with van der Waals surface area (Å²) in [6.45, 7) is 4.23. The summed E-state index contributed by atoms with van der Waals surface area (Å²) < 4.78 is 83.6. The lowest BCUT2D eigenvalue weighted by Crippen LogP contribution is -2.29. The Kier molecular flexibility index (Phi) is 10.6. The molecule has 2 saturated heterocycles. The highest BCUT2D eigenvalue weighted by molar-refractivity contribution is 6.34. The Hall–Kier alpha value is -4.20. The van der Waals surface area contributed by atoms with Crippen LogP contribution in [-0.4, -0.2) is 76.6 Å². The number of hydrogen-bond acceptors (Lipinski definition) is 9. The molecule has 3 N–H and O–H groups in total. The van der Waals surface area contributed by atoms with E-state index >= 15 is 4.39 Å². The number of ether oxygens (including phenoxy) is 2. The molecule has 1 aromatic carbocycles. The van der Waals surface area contributed by atoms with Crippen molar-refractivity contribution in [2.24, 2.45) is 0 Å². The Labute approximate surface area is 296 Å². The number of aryl methyl sites for hydroxylation is 1. The first-order valence-corrected chi connectivity index (χ1v) is 17.0. The van der Waals surface area contributed by atoms with Gasteiger partial charge in [0.2, 0.25) is 0 Å². The van der Waals surface area contributed by atoms with Crippen LogP contribution in [0.3, 0.4) is 0 Å². The molecule has 0 saturated carbocycles. The number of nitrogens with one attached hydrogen (secondary N) is 1. The molecule has 11 nitrogen and oxygen atoms in total. The molecule has 51 heavy (non-hydrogen) atoms. The first-order chi connectivity index (χ1) is 24.3. The number of halogens is 6. The molecular formula is C34H38ClF5N8O3. The van der Waals surface area contributed by atoms with Gasteiger partial charge in [0.15, 0.2) is 11.5 Å². The molecule has 4 aliphatic rings. The highest BCUT2D eigenvalue weighted by Gasteiger charge is 2.42. The second-order valence-electron chi connectivity index (χ2n) is 12.8. The molecule has 3 atom stereocenters. The maximum atomic E-state index is 15.3. The molecular weight excluding hydrogens is 699 g/mol. The number of fused-ring (bicyclic) bond motifs is 3. The summed E-state index contributed by atoms with van der Waals surface area (Å²) in [7, 11) is 2.84. The molecule has 0 aliphatic carbocycles. The Morgan fingerprint density at radius 1 is 1.22 bits per heavy atom. The molecule has 0 radical (unpaired) electrons. The van der Waals surface area contributed by atoms with Crippen LogP contribution in [0.4, 0.5) is 33.5 Å². The van der Waals surface area contributed by atoms with E-state index in [1.807, 2.05) is 4.90 Å². The second kappa shape index (κ2) is 14.8. The van der Waals surface area contributed by atoms with Crippen LogP contribution in [-0.2, 0) is 37.0 Å². The van der Waals surface area contributed by atoms with Crippen LogP contribution in [0.25, 0.3) is 0 Å². The second-order valence-corrected chi connectivity index (χ2v) is 13.1. The van der Waals surface area contributed by atoms with Gasteiger partial charge >= 0.3 is 12.2 Å². The van der Waals surface area contributed by atoms with Gasteiger partial charge < -0.3 is 25.4 Å². The topological polar surface area (TPSA) is 124 Å². The van der Waals surface area contributed by atoms with Crippen molar-refractivity contribution in [1.29, 1.82) is 0 Å². The van der Waals surface area contributed by atoms with E-state index in [1.54, 1.807) is 4.68 Å². The third-order valence-electron chi connectivity index (χ3n) is 9.57. The molecule has 6 heterocycles. The Morgan fingerprint density at radius 2 is 2.00 bits per heavy atom. The number of hydrogen-bond donors (Lipinski definition) is 2. The van der Waals surface area contributed by atoms with Crippen molar-refractivity contribution in [3.63, 3.8) is 0 Å². The average molecular weight is 737 g/mol.